The van der Waals surface area contributed by atoms with E-state index in [1.807, 2.05) is 20.8 Å². The van der Waals surface area contributed by atoms with Crippen LogP contribution in [-0.2, 0) is 79.8 Å². The fourth-order valence-electron chi connectivity index (χ4n) is 8.76. The molecule has 0 aliphatic carbocycles. The Labute approximate surface area is 444 Å². The van der Waals surface area contributed by atoms with Crippen LogP contribution >= 0.6 is 11.6 Å². The van der Waals surface area contributed by atoms with E-state index >= 15 is 0 Å². The summed E-state index contributed by atoms with van der Waals surface area (Å²) < 4.78 is 40.3. The van der Waals surface area contributed by atoms with Crippen LogP contribution in [0.4, 0.5) is 0 Å². The molecule has 75 heavy (non-hydrogen) atoms. The Morgan fingerprint density at radius 2 is 1.47 bits per heavy atom. The second-order valence-corrected chi connectivity index (χ2v) is 20.8. The zero-order valence-electron chi connectivity index (χ0n) is 44.0. The van der Waals surface area contributed by atoms with E-state index in [0.29, 0.717) is 47.8 Å². The average Bonchev–Trinajstić information content (AvgIpc) is 4.12. The largest absolute Gasteiger partial charge is 0.495 e. The predicted molar refractivity (Wildman–Crippen MR) is 273 cm³/mol. The van der Waals surface area contributed by atoms with Crippen molar-refractivity contribution in [3.05, 3.63) is 76.3 Å². The number of esters is 2. The number of rotatable bonds is 23. The average molecular weight is 1070 g/mol. The third kappa shape index (κ3) is 18.4. The lowest BCUT2D eigenvalue weighted by Crippen LogP contribution is -2.51. The summed E-state index contributed by atoms with van der Waals surface area (Å²) in [6.07, 6.45) is 0.968. The zero-order chi connectivity index (χ0) is 54.1. The molecule has 0 bridgehead atoms. The topological polar surface area (TPSA) is 230 Å². The zero-order valence-corrected chi connectivity index (χ0v) is 44.8. The summed E-state index contributed by atoms with van der Waals surface area (Å²) in [6, 6.07) is 12.5. The monoisotopic (exact) mass is 1070 g/mol. The second-order valence-electron chi connectivity index (χ2n) is 20.3. The van der Waals surface area contributed by atoms with Gasteiger partial charge in [-0.2, -0.15) is 0 Å². The standard InChI is InChI=1S/C54H74ClN5O15/c1-35(2)30-44-52(66)72-42(8-7-9-45(61)57-41(32-38-12-15-43(68-6)40(55)31-38)51(65)56-34-54(4,5)53(67)73-44)36(3)49-50(74-49)39-13-10-37(11-14-39)33-59-21-19-58(20-22-59)23-25-70-27-29-71-28-26-69-24-18-48(64)75-60-46(62)16-17-47(60)63/h7,9-15,31,35-36,41-42,44,49-50H,8,16-30,32-34H2,1-6H3,(H,56,65)(H,57,61)/b9-7+/t36-,41+,42-,44-,49+,50+/m0/s1. The van der Waals surface area contributed by atoms with Gasteiger partial charge in [0.15, 0.2) is 6.10 Å². The van der Waals surface area contributed by atoms with Gasteiger partial charge in [0, 0.05) is 77.4 Å². The number of nitrogens with one attached hydrogen (secondary N) is 2. The molecule has 6 atom stereocenters. The lowest BCUT2D eigenvalue weighted by atomic mass is 9.92. The van der Waals surface area contributed by atoms with E-state index in [1.165, 1.54) is 18.7 Å². The summed E-state index contributed by atoms with van der Waals surface area (Å²) >= 11 is 6.38. The third-order valence-corrected chi connectivity index (χ3v) is 13.7. The van der Waals surface area contributed by atoms with Gasteiger partial charge in [0.2, 0.25) is 11.8 Å². The van der Waals surface area contributed by atoms with Crippen molar-refractivity contribution in [3.63, 3.8) is 0 Å². The van der Waals surface area contributed by atoms with Gasteiger partial charge in [0.1, 0.15) is 24.0 Å². The molecule has 0 aromatic heterocycles. The van der Waals surface area contributed by atoms with E-state index < -0.39 is 65.2 Å². The molecule has 0 saturated carbocycles. The molecule has 0 unspecified atom stereocenters. The highest BCUT2D eigenvalue weighted by Crippen LogP contribution is 2.45. The minimum absolute atomic E-state index is 0.0175. The first-order valence-corrected chi connectivity index (χ1v) is 26.3. The van der Waals surface area contributed by atoms with Crippen LogP contribution in [0, 0.1) is 17.3 Å². The van der Waals surface area contributed by atoms with Crippen LogP contribution in [0.1, 0.15) is 89.5 Å². The number of epoxide rings is 1. The summed E-state index contributed by atoms with van der Waals surface area (Å²) in [5.74, 6) is -4.02. The maximum Gasteiger partial charge on any atom is 0.347 e. The van der Waals surface area contributed by atoms with E-state index in [2.05, 4.69) is 44.7 Å². The predicted octanol–water partition coefficient (Wildman–Crippen LogP) is 4.29. The van der Waals surface area contributed by atoms with Gasteiger partial charge in [-0.1, -0.05) is 68.8 Å². The maximum absolute atomic E-state index is 13.9. The first kappa shape index (κ1) is 58.8. The van der Waals surface area contributed by atoms with Crippen LogP contribution in [0.2, 0.25) is 5.02 Å². The van der Waals surface area contributed by atoms with E-state index in [0.717, 1.165) is 44.8 Å². The molecular formula is C54H74ClN5O15. The van der Waals surface area contributed by atoms with Crippen LogP contribution in [0.15, 0.2) is 54.6 Å². The molecule has 3 saturated heterocycles. The summed E-state index contributed by atoms with van der Waals surface area (Å²) in [6.45, 7) is 16.3. The molecule has 2 aromatic rings. The molecule has 4 aliphatic rings. The summed E-state index contributed by atoms with van der Waals surface area (Å²) in [7, 11) is 1.50. The molecule has 0 spiro atoms. The van der Waals surface area contributed by atoms with Crippen LogP contribution in [0.5, 0.6) is 5.75 Å². The number of hydrogen-bond donors (Lipinski definition) is 2. The molecule has 4 aliphatic heterocycles. The number of nitrogens with zero attached hydrogens (tertiary/aromatic N) is 3. The summed E-state index contributed by atoms with van der Waals surface area (Å²) in [4.78, 5) is 99.2. The van der Waals surface area contributed by atoms with Crippen LogP contribution < -0.4 is 15.4 Å². The number of benzene rings is 2. The van der Waals surface area contributed by atoms with E-state index in [4.69, 9.17) is 49.6 Å². The van der Waals surface area contributed by atoms with Gasteiger partial charge in [0.05, 0.1) is 69.7 Å². The lowest BCUT2D eigenvalue weighted by Gasteiger charge is -2.34. The van der Waals surface area contributed by atoms with Crippen LogP contribution in [-0.4, -0.2) is 167 Å². The Balaban J connectivity index is 0.938. The van der Waals surface area contributed by atoms with E-state index in [-0.39, 0.29) is 82.3 Å². The number of imide groups is 1. The van der Waals surface area contributed by atoms with Crippen molar-refractivity contribution in [2.45, 2.75) is 110 Å². The molecule has 0 radical (unpaired) electrons. The molecule has 4 amide bonds. The SMILES string of the molecule is COc1ccc(C[C@H]2NC(=O)/C=C/C[C@@H]([C@H](C)[C@H]3O[C@@H]3c3ccc(CN4CCN(CCOCCOCCOCCC(=O)ON5C(=O)CCC5=O)CC4)cc3)OC(=O)[C@H](CC(C)C)OC(=O)C(C)(C)CNC2=O)cc1Cl. The Morgan fingerprint density at radius 1 is 0.827 bits per heavy atom. The fourth-order valence-corrected chi connectivity index (χ4v) is 9.04. The van der Waals surface area contributed by atoms with Crippen molar-refractivity contribution in [1.82, 2.24) is 25.5 Å². The summed E-state index contributed by atoms with van der Waals surface area (Å²) in [5.41, 5.74) is 1.62. The van der Waals surface area contributed by atoms with Crippen molar-refractivity contribution in [1.29, 1.82) is 0 Å². The van der Waals surface area contributed by atoms with Crippen molar-refractivity contribution in [2.75, 3.05) is 86.0 Å². The van der Waals surface area contributed by atoms with Crippen molar-refractivity contribution >= 4 is 53.1 Å². The van der Waals surface area contributed by atoms with Gasteiger partial charge in [0.25, 0.3) is 11.8 Å². The van der Waals surface area contributed by atoms with Gasteiger partial charge in [-0.05, 0) is 61.1 Å². The second kappa shape index (κ2) is 28.6. The van der Waals surface area contributed by atoms with Gasteiger partial charge in [-0.15, -0.1) is 5.06 Å². The maximum atomic E-state index is 13.9. The number of cyclic esters (lactones) is 2. The number of carbonyl (C=O) groups is 7. The van der Waals surface area contributed by atoms with E-state index in [9.17, 15) is 33.6 Å². The number of amides is 4. The number of methoxy groups -OCH3 is 1. The van der Waals surface area contributed by atoms with E-state index in [1.54, 1.807) is 38.1 Å². The molecular weight excluding hydrogens is 994 g/mol. The summed E-state index contributed by atoms with van der Waals surface area (Å²) in [5, 5.41) is 6.46. The first-order chi connectivity index (χ1) is 35.9. The van der Waals surface area contributed by atoms with Crippen molar-refractivity contribution in [2.24, 2.45) is 17.3 Å². The number of carbonyl (C=O) groups excluding carboxylic acids is 7. The molecule has 6 rings (SSSR count). The van der Waals surface area contributed by atoms with Gasteiger partial charge < -0.3 is 48.6 Å². The molecule has 2 aromatic carbocycles. The molecule has 20 nitrogen and oxygen atoms in total. The number of halogens is 1. The first-order valence-electron chi connectivity index (χ1n) is 25.9. The minimum atomic E-state index is -1.24. The van der Waals surface area contributed by atoms with Gasteiger partial charge in [-0.3, -0.25) is 33.8 Å². The fraction of sp³-hybridized carbons (Fsp3) is 0.611. The Bertz CT molecular complexity index is 2290. The van der Waals surface area contributed by atoms with Gasteiger partial charge >= 0.3 is 17.9 Å². The normalized spacial score (nSPS) is 24.1. The number of hydrogen-bond acceptors (Lipinski definition) is 17. The minimum Gasteiger partial charge on any atom is -0.495 e. The molecule has 4 heterocycles. The quantitative estimate of drug-likeness (QED) is 0.0684. The van der Waals surface area contributed by atoms with Crippen molar-refractivity contribution in [3.8, 4) is 5.75 Å². The molecule has 2 N–H and O–H groups in total. The van der Waals surface area contributed by atoms with Crippen LogP contribution in [0.25, 0.3) is 0 Å². The Kier molecular flexibility index (Phi) is 22.4. The molecule has 3 fully saturated rings. The Morgan fingerprint density at radius 3 is 2.12 bits per heavy atom. The smallest absolute Gasteiger partial charge is 0.347 e. The highest BCUT2D eigenvalue weighted by molar-refractivity contribution is 6.32. The highest BCUT2D eigenvalue weighted by Gasteiger charge is 2.48. The lowest BCUT2D eigenvalue weighted by molar-refractivity contribution is -0.198. The number of hydroxylamine groups is 2. The third-order valence-electron chi connectivity index (χ3n) is 13.4. The highest BCUT2D eigenvalue weighted by atomic mass is 35.5. The van der Waals surface area contributed by atoms with Crippen LogP contribution in [0.3, 0.4) is 0 Å². The number of ether oxygens (including phenoxy) is 7. The molecule has 412 valence electrons. The van der Waals surface area contributed by atoms with Gasteiger partial charge in [-0.25, -0.2) is 9.59 Å². The number of piperazine rings is 1. The Hall–Kier alpha value is -5.48. The molecule has 21 heteroatoms. The van der Waals surface area contributed by atoms with Crippen molar-refractivity contribution < 1.29 is 71.6 Å².